The van der Waals surface area contributed by atoms with Crippen LogP contribution in [0.25, 0.3) is 0 Å². The Morgan fingerprint density at radius 1 is 1.24 bits per heavy atom. The summed E-state index contributed by atoms with van der Waals surface area (Å²) < 4.78 is 0. The summed E-state index contributed by atoms with van der Waals surface area (Å²) in [6.45, 7) is 9.21. The van der Waals surface area contributed by atoms with Gasteiger partial charge in [0.1, 0.15) is 0 Å². The van der Waals surface area contributed by atoms with E-state index >= 15 is 0 Å². The zero-order valence-corrected chi connectivity index (χ0v) is 15.8. The smallest absolute Gasteiger partial charge is 0.191 e. The van der Waals surface area contributed by atoms with Gasteiger partial charge < -0.3 is 10.6 Å². The fourth-order valence-corrected chi connectivity index (χ4v) is 1.98. The van der Waals surface area contributed by atoms with Crippen molar-refractivity contribution in [1.29, 1.82) is 0 Å². The molecule has 0 unspecified atom stereocenters. The van der Waals surface area contributed by atoms with Crippen molar-refractivity contribution in [2.24, 2.45) is 10.9 Å². The molecule has 0 aliphatic rings. The molecule has 0 aromatic carbocycles. The highest BCUT2D eigenvalue weighted by Gasteiger charge is 2.03. The van der Waals surface area contributed by atoms with Crippen LogP contribution in [0.1, 0.15) is 39.2 Å². The summed E-state index contributed by atoms with van der Waals surface area (Å²) in [6.07, 6.45) is 7.06. The minimum atomic E-state index is 0. The Bertz CT molecular complexity index is 377. The molecule has 5 heteroatoms. The van der Waals surface area contributed by atoms with Gasteiger partial charge in [0.2, 0.25) is 0 Å². The van der Waals surface area contributed by atoms with Crippen molar-refractivity contribution in [3.63, 3.8) is 0 Å². The molecule has 0 saturated carbocycles. The lowest BCUT2D eigenvalue weighted by atomic mass is 10.0. The molecule has 1 rings (SSSR count). The third-order valence-corrected chi connectivity index (χ3v) is 3.44. The average Bonchev–Trinajstić information content (AvgIpc) is 2.49. The third-order valence-electron chi connectivity index (χ3n) is 3.44. The summed E-state index contributed by atoms with van der Waals surface area (Å²) in [5.74, 6) is 1.60. The van der Waals surface area contributed by atoms with Crippen LogP contribution < -0.4 is 10.6 Å². The fraction of sp³-hybridized carbons (Fsp3) is 0.625. The number of guanidine groups is 1. The van der Waals surface area contributed by atoms with E-state index in [4.69, 9.17) is 0 Å². The van der Waals surface area contributed by atoms with Gasteiger partial charge in [-0.1, -0.05) is 32.8 Å². The molecule has 0 aliphatic carbocycles. The van der Waals surface area contributed by atoms with Gasteiger partial charge in [-0.25, -0.2) is 0 Å². The normalized spacial score (nSPS) is 11.1. The molecule has 0 atom stereocenters. The van der Waals surface area contributed by atoms with Crippen LogP contribution in [0, 0.1) is 5.92 Å². The van der Waals surface area contributed by atoms with Gasteiger partial charge in [0.05, 0.1) is 0 Å². The number of pyridine rings is 1. The largest absolute Gasteiger partial charge is 0.357 e. The van der Waals surface area contributed by atoms with Gasteiger partial charge in [-0.15, -0.1) is 24.0 Å². The molecule has 120 valence electrons. The van der Waals surface area contributed by atoms with Crippen LogP contribution in [-0.4, -0.2) is 30.6 Å². The SMILES string of the molecule is CCNC(=NCC(CC)CC)NCCc1cccnc1.I. The summed E-state index contributed by atoms with van der Waals surface area (Å²) in [5.41, 5.74) is 1.25. The van der Waals surface area contributed by atoms with Crippen molar-refractivity contribution in [3.8, 4) is 0 Å². The van der Waals surface area contributed by atoms with E-state index in [0.29, 0.717) is 5.92 Å². The van der Waals surface area contributed by atoms with Crippen LogP contribution in [0.3, 0.4) is 0 Å². The van der Waals surface area contributed by atoms with Crippen LogP contribution in [0.15, 0.2) is 29.5 Å². The number of aromatic nitrogens is 1. The van der Waals surface area contributed by atoms with Gasteiger partial charge in [0.25, 0.3) is 0 Å². The van der Waals surface area contributed by atoms with E-state index in [9.17, 15) is 0 Å². The van der Waals surface area contributed by atoms with Gasteiger partial charge >= 0.3 is 0 Å². The summed E-state index contributed by atoms with van der Waals surface area (Å²) in [7, 11) is 0. The Labute approximate surface area is 146 Å². The summed E-state index contributed by atoms with van der Waals surface area (Å²) in [6, 6.07) is 4.07. The van der Waals surface area contributed by atoms with Crippen molar-refractivity contribution in [2.45, 2.75) is 40.0 Å². The maximum Gasteiger partial charge on any atom is 0.191 e. The van der Waals surface area contributed by atoms with Gasteiger partial charge in [-0.3, -0.25) is 9.98 Å². The van der Waals surface area contributed by atoms with E-state index in [1.54, 1.807) is 6.20 Å². The van der Waals surface area contributed by atoms with Crippen molar-refractivity contribution >= 4 is 29.9 Å². The van der Waals surface area contributed by atoms with Crippen LogP contribution in [0.5, 0.6) is 0 Å². The number of hydrogen-bond donors (Lipinski definition) is 2. The molecule has 0 radical (unpaired) electrons. The van der Waals surface area contributed by atoms with Crippen molar-refractivity contribution in [2.75, 3.05) is 19.6 Å². The predicted octanol–water partition coefficient (Wildman–Crippen LogP) is 3.23. The van der Waals surface area contributed by atoms with Crippen LogP contribution >= 0.6 is 24.0 Å². The van der Waals surface area contributed by atoms with Gasteiger partial charge in [-0.2, -0.15) is 0 Å². The number of nitrogens with one attached hydrogen (secondary N) is 2. The fourth-order valence-electron chi connectivity index (χ4n) is 1.98. The maximum absolute atomic E-state index is 4.67. The molecule has 0 saturated heterocycles. The first kappa shape index (κ1) is 20.1. The third kappa shape index (κ3) is 8.90. The minimum Gasteiger partial charge on any atom is -0.357 e. The summed E-state index contributed by atoms with van der Waals surface area (Å²) in [5, 5.41) is 6.68. The second-order valence-corrected chi connectivity index (χ2v) is 4.94. The molecule has 1 aromatic heterocycles. The number of halogens is 1. The summed E-state index contributed by atoms with van der Waals surface area (Å²) >= 11 is 0. The van der Waals surface area contributed by atoms with E-state index in [2.05, 4.69) is 47.4 Å². The molecular formula is C16H29IN4. The van der Waals surface area contributed by atoms with Crippen molar-refractivity contribution < 1.29 is 0 Å². The highest BCUT2D eigenvalue weighted by atomic mass is 127. The first-order chi connectivity index (χ1) is 9.80. The molecule has 0 fully saturated rings. The number of rotatable bonds is 8. The molecular weight excluding hydrogens is 375 g/mol. The number of nitrogens with zero attached hydrogens (tertiary/aromatic N) is 2. The molecule has 1 heterocycles. The molecule has 0 spiro atoms. The molecule has 21 heavy (non-hydrogen) atoms. The second kappa shape index (κ2) is 12.9. The second-order valence-electron chi connectivity index (χ2n) is 4.94. The molecule has 4 nitrogen and oxygen atoms in total. The van der Waals surface area contributed by atoms with E-state index in [0.717, 1.165) is 32.0 Å². The topological polar surface area (TPSA) is 49.3 Å². The number of hydrogen-bond acceptors (Lipinski definition) is 2. The zero-order chi connectivity index (χ0) is 14.6. The molecule has 0 aliphatic heterocycles. The van der Waals surface area contributed by atoms with Crippen LogP contribution in [-0.2, 0) is 6.42 Å². The average molecular weight is 404 g/mol. The van der Waals surface area contributed by atoms with E-state index in [1.165, 1.54) is 18.4 Å². The summed E-state index contributed by atoms with van der Waals surface area (Å²) in [4.78, 5) is 8.79. The Hall–Kier alpha value is -0.850. The first-order valence-electron chi connectivity index (χ1n) is 7.71. The highest BCUT2D eigenvalue weighted by molar-refractivity contribution is 14.0. The van der Waals surface area contributed by atoms with Crippen LogP contribution in [0.2, 0.25) is 0 Å². The predicted molar refractivity (Wildman–Crippen MR) is 101 cm³/mol. The molecule has 1 aromatic rings. The van der Waals surface area contributed by atoms with Crippen molar-refractivity contribution in [3.05, 3.63) is 30.1 Å². The van der Waals surface area contributed by atoms with E-state index in [-0.39, 0.29) is 24.0 Å². The Morgan fingerprint density at radius 2 is 2.00 bits per heavy atom. The first-order valence-corrected chi connectivity index (χ1v) is 7.71. The van der Waals surface area contributed by atoms with Gasteiger partial charge in [0, 0.05) is 32.0 Å². The van der Waals surface area contributed by atoms with Gasteiger partial charge in [0.15, 0.2) is 5.96 Å². The Morgan fingerprint density at radius 3 is 2.57 bits per heavy atom. The lowest BCUT2D eigenvalue weighted by Crippen LogP contribution is -2.38. The number of aliphatic imine (C=N–C) groups is 1. The van der Waals surface area contributed by atoms with Crippen LogP contribution in [0.4, 0.5) is 0 Å². The van der Waals surface area contributed by atoms with E-state index < -0.39 is 0 Å². The lowest BCUT2D eigenvalue weighted by molar-refractivity contribution is 0.504. The minimum absolute atomic E-state index is 0. The van der Waals surface area contributed by atoms with Gasteiger partial charge in [-0.05, 0) is 30.9 Å². The maximum atomic E-state index is 4.67. The monoisotopic (exact) mass is 404 g/mol. The standard InChI is InChI=1S/C16H28N4.HI/c1-4-14(5-2)13-20-16(18-6-3)19-11-9-15-8-7-10-17-12-15;/h7-8,10,12,14H,4-6,9,11,13H2,1-3H3,(H2,18,19,20);1H. The quantitative estimate of drug-likeness (QED) is 0.397. The molecule has 0 bridgehead atoms. The Kier molecular flexibility index (Phi) is 12.3. The Balaban J connectivity index is 0.00000400. The zero-order valence-electron chi connectivity index (χ0n) is 13.4. The molecule has 2 N–H and O–H groups in total. The molecule has 0 amide bonds. The highest BCUT2D eigenvalue weighted by Crippen LogP contribution is 2.07. The van der Waals surface area contributed by atoms with E-state index in [1.807, 2.05) is 12.3 Å². The van der Waals surface area contributed by atoms with Crippen molar-refractivity contribution in [1.82, 2.24) is 15.6 Å². The lowest BCUT2D eigenvalue weighted by Gasteiger charge is -2.13.